The molecule has 100 valence electrons. The Labute approximate surface area is 109 Å². The summed E-state index contributed by atoms with van der Waals surface area (Å²) in [5, 5.41) is 2.96. The fourth-order valence-electron chi connectivity index (χ4n) is 1.72. The second kappa shape index (κ2) is 5.30. The Morgan fingerprint density at radius 1 is 1.00 bits per heavy atom. The van der Waals surface area contributed by atoms with Crippen molar-refractivity contribution < 1.29 is 13.2 Å². The van der Waals surface area contributed by atoms with Gasteiger partial charge in [0.1, 0.15) is 11.5 Å². The van der Waals surface area contributed by atoms with Gasteiger partial charge in [0.25, 0.3) is 0 Å². The summed E-state index contributed by atoms with van der Waals surface area (Å²) in [5.41, 5.74) is 0.0967. The molecule has 0 spiro atoms. The van der Waals surface area contributed by atoms with Crippen LogP contribution in [0.2, 0.25) is 0 Å². The van der Waals surface area contributed by atoms with E-state index in [0.717, 1.165) is 11.6 Å². The Hall–Kier alpha value is -2.04. The fraction of sp³-hybridized carbons (Fsp3) is 0.214. The molecule has 0 fully saturated rings. The normalized spacial score (nSPS) is 13.1. The van der Waals surface area contributed by atoms with Crippen LogP contribution < -0.4 is 5.32 Å². The summed E-state index contributed by atoms with van der Waals surface area (Å²) in [6.07, 6.45) is -4.42. The highest BCUT2D eigenvalue weighted by molar-refractivity contribution is 5.39. The van der Waals surface area contributed by atoms with E-state index in [0.29, 0.717) is 0 Å². The van der Waals surface area contributed by atoms with E-state index < -0.39 is 11.9 Å². The summed E-state index contributed by atoms with van der Waals surface area (Å²) < 4.78 is 37.6. The van der Waals surface area contributed by atoms with E-state index in [1.165, 1.54) is 12.1 Å². The van der Waals surface area contributed by atoms with Gasteiger partial charge in [-0.15, -0.1) is 0 Å². The maximum atomic E-state index is 12.5. The molecule has 0 bridgehead atoms. The Morgan fingerprint density at radius 2 is 1.68 bits per heavy atom. The Bertz CT molecular complexity index is 538. The lowest BCUT2D eigenvalue weighted by molar-refractivity contribution is -0.141. The number of anilines is 1. The Kier molecular flexibility index (Phi) is 3.74. The van der Waals surface area contributed by atoms with Gasteiger partial charge in [0.15, 0.2) is 0 Å². The van der Waals surface area contributed by atoms with E-state index in [2.05, 4.69) is 10.3 Å². The van der Waals surface area contributed by atoms with Gasteiger partial charge in [-0.1, -0.05) is 36.4 Å². The topological polar surface area (TPSA) is 24.9 Å². The van der Waals surface area contributed by atoms with Gasteiger partial charge in [-0.3, -0.25) is 0 Å². The zero-order valence-electron chi connectivity index (χ0n) is 10.3. The molecule has 1 heterocycles. The third-order valence-electron chi connectivity index (χ3n) is 2.70. The van der Waals surface area contributed by atoms with Crippen molar-refractivity contribution in [2.45, 2.75) is 19.1 Å². The second-order valence-corrected chi connectivity index (χ2v) is 4.18. The van der Waals surface area contributed by atoms with Crippen LogP contribution in [0.5, 0.6) is 0 Å². The molecule has 5 heteroatoms. The number of alkyl halides is 3. The highest BCUT2D eigenvalue weighted by Gasteiger charge is 2.32. The summed E-state index contributed by atoms with van der Waals surface area (Å²) in [6.45, 7) is 1.87. The van der Waals surface area contributed by atoms with Gasteiger partial charge in [-0.2, -0.15) is 13.2 Å². The summed E-state index contributed by atoms with van der Waals surface area (Å²) in [6, 6.07) is 13.2. The van der Waals surface area contributed by atoms with Gasteiger partial charge in [0.05, 0.1) is 0 Å². The lowest BCUT2D eigenvalue weighted by Crippen LogP contribution is -2.12. The van der Waals surface area contributed by atoms with Crippen molar-refractivity contribution in [3.8, 4) is 0 Å². The molecular formula is C14H13F3N2. The molecule has 19 heavy (non-hydrogen) atoms. The molecule has 1 unspecified atom stereocenters. The number of pyridine rings is 1. The van der Waals surface area contributed by atoms with E-state index in [1.54, 1.807) is 0 Å². The summed E-state index contributed by atoms with van der Waals surface area (Å²) in [4.78, 5) is 3.57. The summed E-state index contributed by atoms with van der Waals surface area (Å²) in [7, 11) is 0. The quantitative estimate of drug-likeness (QED) is 0.897. The van der Waals surface area contributed by atoms with Gasteiger partial charge in [-0.25, -0.2) is 4.98 Å². The molecular weight excluding hydrogens is 253 g/mol. The third-order valence-corrected chi connectivity index (χ3v) is 2.70. The average molecular weight is 266 g/mol. The molecule has 2 rings (SSSR count). The lowest BCUT2D eigenvalue weighted by atomic mass is 10.1. The molecule has 2 nitrogen and oxygen atoms in total. The number of aromatic nitrogens is 1. The number of benzene rings is 1. The van der Waals surface area contributed by atoms with E-state index in [9.17, 15) is 13.2 Å². The van der Waals surface area contributed by atoms with E-state index in [4.69, 9.17) is 0 Å². The zero-order valence-corrected chi connectivity index (χ0v) is 10.3. The number of halogens is 3. The molecule has 0 amide bonds. The highest BCUT2D eigenvalue weighted by atomic mass is 19.4. The first-order valence-corrected chi connectivity index (χ1v) is 5.82. The van der Waals surface area contributed by atoms with Crippen LogP contribution in [0.3, 0.4) is 0 Å². The third kappa shape index (κ3) is 3.47. The highest BCUT2D eigenvalue weighted by Crippen LogP contribution is 2.28. The van der Waals surface area contributed by atoms with Crippen LogP contribution in [-0.2, 0) is 6.18 Å². The molecule has 2 aromatic rings. The molecule has 1 N–H and O–H groups in total. The molecule has 0 saturated carbocycles. The van der Waals surface area contributed by atoms with E-state index in [1.807, 2.05) is 37.3 Å². The van der Waals surface area contributed by atoms with Gasteiger partial charge in [-0.05, 0) is 24.6 Å². The smallest absolute Gasteiger partial charge is 0.364 e. The predicted octanol–water partition coefficient (Wildman–Crippen LogP) is 4.27. The molecule has 0 saturated heterocycles. The molecule has 0 radical (unpaired) electrons. The van der Waals surface area contributed by atoms with Gasteiger partial charge >= 0.3 is 6.18 Å². The molecule has 1 aromatic carbocycles. The van der Waals surface area contributed by atoms with Crippen LogP contribution in [0.1, 0.15) is 24.2 Å². The molecule has 0 aliphatic rings. The molecule has 1 aromatic heterocycles. The van der Waals surface area contributed by atoms with Crippen molar-refractivity contribution in [3.63, 3.8) is 0 Å². The summed E-state index contributed by atoms with van der Waals surface area (Å²) in [5.74, 6) is 0.214. The largest absolute Gasteiger partial charge is 0.433 e. The first-order chi connectivity index (χ1) is 8.97. The van der Waals surface area contributed by atoms with Crippen molar-refractivity contribution in [3.05, 3.63) is 59.8 Å². The molecule has 0 aliphatic carbocycles. The molecule has 1 atom stereocenters. The van der Waals surface area contributed by atoms with Gasteiger partial charge in [0, 0.05) is 6.04 Å². The zero-order chi connectivity index (χ0) is 13.9. The van der Waals surface area contributed by atoms with Crippen LogP contribution in [0.25, 0.3) is 0 Å². The summed E-state index contributed by atoms with van der Waals surface area (Å²) >= 11 is 0. The monoisotopic (exact) mass is 266 g/mol. The van der Waals surface area contributed by atoms with E-state index in [-0.39, 0.29) is 11.9 Å². The maximum Gasteiger partial charge on any atom is 0.433 e. The van der Waals surface area contributed by atoms with Crippen LogP contribution in [0.15, 0.2) is 48.5 Å². The first kappa shape index (κ1) is 13.4. The van der Waals surface area contributed by atoms with Crippen LogP contribution in [-0.4, -0.2) is 4.98 Å². The second-order valence-electron chi connectivity index (χ2n) is 4.18. The Balaban J connectivity index is 2.16. The van der Waals surface area contributed by atoms with Crippen molar-refractivity contribution in [1.29, 1.82) is 0 Å². The van der Waals surface area contributed by atoms with Crippen molar-refractivity contribution in [1.82, 2.24) is 4.98 Å². The standard InChI is InChI=1S/C14H13F3N2/c1-10(11-6-3-2-4-7-11)18-13-9-5-8-12(19-13)14(15,16)17/h2-10H,1H3,(H,18,19). The predicted molar refractivity (Wildman–Crippen MR) is 67.7 cm³/mol. The van der Waals surface area contributed by atoms with E-state index >= 15 is 0 Å². The minimum Gasteiger partial charge on any atom is -0.364 e. The van der Waals surface area contributed by atoms with Gasteiger partial charge in [0.2, 0.25) is 0 Å². The number of rotatable bonds is 3. The molecule has 0 aliphatic heterocycles. The number of nitrogens with one attached hydrogen (secondary N) is 1. The number of hydrogen-bond donors (Lipinski definition) is 1. The lowest BCUT2D eigenvalue weighted by Gasteiger charge is -2.16. The van der Waals surface area contributed by atoms with Crippen LogP contribution >= 0.6 is 0 Å². The van der Waals surface area contributed by atoms with Crippen LogP contribution in [0.4, 0.5) is 19.0 Å². The minimum absolute atomic E-state index is 0.114. The van der Waals surface area contributed by atoms with Crippen molar-refractivity contribution in [2.24, 2.45) is 0 Å². The number of hydrogen-bond acceptors (Lipinski definition) is 2. The SMILES string of the molecule is CC(Nc1cccc(C(F)(F)F)n1)c1ccccc1. The number of nitrogens with zero attached hydrogens (tertiary/aromatic N) is 1. The van der Waals surface area contributed by atoms with Crippen LogP contribution in [0, 0.1) is 0 Å². The Morgan fingerprint density at radius 3 is 2.32 bits per heavy atom. The first-order valence-electron chi connectivity index (χ1n) is 5.82. The minimum atomic E-state index is -4.42. The fourth-order valence-corrected chi connectivity index (χ4v) is 1.72. The van der Waals surface area contributed by atoms with Crippen molar-refractivity contribution >= 4 is 5.82 Å². The van der Waals surface area contributed by atoms with Crippen molar-refractivity contribution in [2.75, 3.05) is 5.32 Å². The van der Waals surface area contributed by atoms with Gasteiger partial charge < -0.3 is 5.32 Å². The maximum absolute atomic E-state index is 12.5. The average Bonchev–Trinajstić information content (AvgIpc) is 2.39.